The van der Waals surface area contributed by atoms with E-state index in [9.17, 15) is 9.59 Å². The maximum absolute atomic E-state index is 11.0. The van der Waals surface area contributed by atoms with Gasteiger partial charge in [-0.15, -0.1) is 0 Å². The van der Waals surface area contributed by atoms with Crippen LogP contribution in [0.2, 0.25) is 0 Å². The maximum Gasteiger partial charge on any atom is 0.221 e. The molecule has 3 N–H and O–H groups in total. The molecule has 2 amide bonds. The molecule has 1 aliphatic rings. The number of rotatable bonds is 5. The number of nitrogens with one attached hydrogen (secondary N) is 3. The van der Waals surface area contributed by atoms with E-state index in [1.165, 1.54) is 0 Å². The summed E-state index contributed by atoms with van der Waals surface area (Å²) in [5, 5.41) is 8.61. The highest BCUT2D eigenvalue weighted by molar-refractivity contribution is 5.79. The predicted molar refractivity (Wildman–Crippen MR) is 52.7 cm³/mol. The van der Waals surface area contributed by atoms with Gasteiger partial charge in [0.25, 0.3) is 0 Å². The molecule has 1 heterocycles. The van der Waals surface area contributed by atoms with E-state index >= 15 is 0 Å². The number of hydrogen-bond donors (Lipinski definition) is 3. The molecule has 0 radical (unpaired) electrons. The molecule has 1 aliphatic heterocycles. The highest BCUT2D eigenvalue weighted by Crippen LogP contribution is 1.98. The Kier molecular flexibility index (Phi) is 4.39. The third-order valence-corrected chi connectivity index (χ3v) is 2.14. The summed E-state index contributed by atoms with van der Waals surface area (Å²) in [6.07, 6.45) is 0.994. The Bertz CT molecular complexity index is 218. The van der Waals surface area contributed by atoms with Gasteiger partial charge in [-0.1, -0.05) is 0 Å². The molecule has 0 spiro atoms. The molecule has 5 nitrogen and oxygen atoms in total. The van der Waals surface area contributed by atoms with Crippen molar-refractivity contribution in [3.63, 3.8) is 0 Å². The van der Waals surface area contributed by atoms with Crippen molar-refractivity contribution < 1.29 is 9.59 Å². The number of carbonyl (C=O) groups excluding carboxylic acids is 2. The van der Waals surface area contributed by atoms with Gasteiger partial charge in [-0.05, 0) is 6.92 Å². The van der Waals surface area contributed by atoms with Gasteiger partial charge in [0.15, 0.2) is 0 Å². The second-order valence-electron chi connectivity index (χ2n) is 3.36. The van der Waals surface area contributed by atoms with Gasteiger partial charge in [0.1, 0.15) is 0 Å². The fraction of sp³-hybridized carbons (Fsp3) is 0.778. The summed E-state index contributed by atoms with van der Waals surface area (Å²) >= 11 is 0. The van der Waals surface area contributed by atoms with Crippen LogP contribution in [0, 0.1) is 0 Å². The van der Waals surface area contributed by atoms with E-state index in [2.05, 4.69) is 16.0 Å². The van der Waals surface area contributed by atoms with Crippen LogP contribution in [0.3, 0.4) is 0 Å². The van der Waals surface area contributed by atoms with Crippen molar-refractivity contribution >= 4 is 11.8 Å². The Morgan fingerprint density at radius 3 is 3.00 bits per heavy atom. The van der Waals surface area contributed by atoms with Crippen LogP contribution in [0.4, 0.5) is 0 Å². The molecule has 1 rings (SSSR count). The number of carbonyl (C=O) groups is 2. The molecule has 0 aromatic heterocycles. The lowest BCUT2D eigenvalue weighted by atomic mass is 10.2. The molecule has 0 aliphatic carbocycles. The van der Waals surface area contributed by atoms with E-state index < -0.39 is 0 Å². The van der Waals surface area contributed by atoms with Crippen LogP contribution in [0.1, 0.15) is 19.8 Å². The molecule has 1 unspecified atom stereocenters. The largest absolute Gasteiger partial charge is 0.356 e. The minimum absolute atomic E-state index is 0.0530. The van der Waals surface area contributed by atoms with E-state index in [1.807, 2.05) is 6.92 Å². The molecule has 0 aromatic carbocycles. The van der Waals surface area contributed by atoms with Gasteiger partial charge in [0, 0.05) is 38.5 Å². The third kappa shape index (κ3) is 3.74. The second-order valence-corrected chi connectivity index (χ2v) is 3.36. The number of amides is 2. The summed E-state index contributed by atoms with van der Waals surface area (Å²) in [5.41, 5.74) is 0. The lowest BCUT2D eigenvalue weighted by molar-refractivity contribution is -0.121. The average Bonchev–Trinajstić information content (AvgIpc) is 2.52. The van der Waals surface area contributed by atoms with Crippen LogP contribution in [0.5, 0.6) is 0 Å². The predicted octanol–water partition coefficient (Wildman–Crippen LogP) is -1.01. The first kappa shape index (κ1) is 11.0. The van der Waals surface area contributed by atoms with Crippen LogP contribution in [-0.4, -0.2) is 37.5 Å². The van der Waals surface area contributed by atoms with Crippen LogP contribution in [0.25, 0.3) is 0 Å². The van der Waals surface area contributed by atoms with Crippen molar-refractivity contribution in [2.75, 3.05) is 19.6 Å². The van der Waals surface area contributed by atoms with Crippen molar-refractivity contribution in [2.24, 2.45) is 0 Å². The van der Waals surface area contributed by atoms with Crippen molar-refractivity contribution in [3.8, 4) is 0 Å². The van der Waals surface area contributed by atoms with Gasteiger partial charge in [-0.2, -0.15) is 0 Å². The maximum atomic E-state index is 11.0. The lowest BCUT2D eigenvalue weighted by Gasteiger charge is -2.09. The first-order chi connectivity index (χ1) is 6.72. The Morgan fingerprint density at radius 2 is 2.43 bits per heavy atom. The quantitative estimate of drug-likeness (QED) is 0.531. The molecule has 1 atom stereocenters. The topological polar surface area (TPSA) is 70.2 Å². The minimum atomic E-state index is 0.0530. The van der Waals surface area contributed by atoms with Crippen LogP contribution >= 0.6 is 0 Å². The summed E-state index contributed by atoms with van der Waals surface area (Å²) in [4.78, 5) is 21.9. The van der Waals surface area contributed by atoms with Crippen molar-refractivity contribution in [1.82, 2.24) is 16.0 Å². The van der Waals surface area contributed by atoms with Crippen LogP contribution < -0.4 is 16.0 Å². The van der Waals surface area contributed by atoms with Crippen molar-refractivity contribution in [1.29, 1.82) is 0 Å². The normalized spacial score (nSPS) is 20.6. The Morgan fingerprint density at radius 1 is 1.64 bits per heavy atom. The van der Waals surface area contributed by atoms with Gasteiger partial charge < -0.3 is 16.0 Å². The fourth-order valence-corrected chi connectivity index (χ4v) is 1.42. The average molecular weight is 199 g/mol. The molecular weight excluding hydrogens is 182 g/mol. The zero-order valence-electron chi connectivity index (χ0n) is 8.43. The minimum Gasteiger partial charge on any atom is -0.356 e. The zero-order valence-corrected chi connectivity index (χ0v) is 8.43. The summed E-state index contributed by atoms with van der Waals surface area (Å²) in [6.45, 7) is 3.87. The molecule has 80 valence electrons. The van der Waals surface area contributed by atoms with E-state index in [0.29, 0.717) is 32.5 Å². The zero-order chi connectivity index (χ0) is 10.4. The van der Waals surface area contributed by atoms with Crippen LogP contribution in [-0.2, 0) is 9.59 Å². The smallest absolute Gasteiger partial charge is 0.221 e. The summed E-state index contributed by atoms with van der Waals surface area (Å²) in [7, 11) is 0. The van der Waals surface area contributed by atoms with Gasteiger partial charge in [-0.3, -0.25) is 9.59 Å². The SMILES string of the molecule is CCNC(=O)CCNC1CNC(=O)C1. The van der Waals surface area contributed by atoms with E-state index in [0.717, 1.165) is 0 Å². The first-order valence-corrected chi connectivity index (χ1v) is 4.99. The highest BCUT2D eigenvalue weighted by atomic mass is 16.2. The second kappa shape index (κ2) is 5.59. The lowest BCUT2D eigenvalue weighted by Crippen LogP contribution is -2.34. The van der Waals surface area contributed by atoms with Gasteiger partial charge in [-0.25, -0.2) is 0 Å². The molecule has 1 saturated heterocycles. The Labute approximate surface area is 83.6 Å². The first-order valence-electron chi connectivity index (χ1n) is 4.99. The van der Waals surface area contributed by atoms with Crippen molar-refractivity contribution in [2.45, 2.75) is 25.8 Å². The summed E-state index contributed by atoms with van der Waals surface area (Å²) < 4.78 is 0. The van der Waals surface area contributed by atoms with Gasteiger partial charge in [0.05, 0.1) is 0 Å². The fourth-order valence-electron chi connectivity index (χ4n) is 1.42. The third-order valence-electron chi connectivity index (χ3n) is 2.14. The molecular formula is C9H17N3O2. The van der Waals surface area contributed by atoms with E-state index in [-0.39, 0.29) is 17.9 Å². The van der Waals surface area contributed by atoms with E-state index in [4.69, 9.17) is 0 Å². The van der Waals surface area contributed by atoms with Gasteiger partial charge >= 0.3 is 0 Å². The monoisotopic (exact) mass is 199 g/mol. The standard InChI is InChI=1S/C9H17N3O2/c1-2-10-8(13)3-4-11-7-5-9(14)12-6-7/h7,11H,2-6H2,1H3,(H,10,13)(H,12,14). The molecule has 5 heteroatoms. The summed E-state index contributed by atoms with van der Waals surface area (Å²) in [5.74, 6) is 0.137. The number of hydrogen-bond acceptors (Lipinski definition) is 3. The molecule has 0 saturated carbocycles. The Hall–Kier alpha value is -1.10. The van der Waals surface area contributed by atoms with Crippen LogP contribution in [0.15, 0.2) is 0 Å². The summed E-state index contributed by atoms with van der Waals surface area (Å²) in [6, 6.07) is 0.192. The molecule has 1 fully saturated rings. The van der Waals surface area contributed by atoms with Gasteiger partial charge in [0.2, 0.25) is 11.8 Å². The molecule has 0 bridgehead atoms. The van der Waals surface area contributed by atoms with Crippen molar-refractivity contribution in [3.05, 3.63) is 0 Å². The molecule has 0 aromatic rings. The highest BCUT2D eigenvalue weighted by Gasteiger charge is 2.20. The van der Waals surface area contributed by atoms with E-state index in [1.54, 1.807) is 0 Å². The molecule has 14 heavy (non-hydrogen) atoms. The Balaban J connectivity index is 2.04.